The van der Waals surface area contributed by atoms with E-state index in [-0.39, 0.29) is 28.3 Å². The number of nitrogens with zero attached hydrogens (tertiary/aromatic N) is 1. The second kappa shape index (κ2) is 11.8. The highest BCUT2D eigenvalue weighted by Gasteiger charge is 2.50. The van der Waals surface area contributed by atoms with Crippen LogP contribution in [0.2, 0.25) is 0 Å². The van der Waals surface area contributed by atoms with E-state index >= 15 is 0 Å². The second-order valence-corrected chi connectivity index (χ2v) is 16.1. The molecule has 0 amide bonds. The summed E-state index contributed by atoms with van der Waals surface area (Å²) in [6.07, 6.45) is 0. The Hall–Kier alpha value is -8.50. The maximum Gasteiger partial charge on any atom is 0.336 e. The fourth-order valence-corrected chi connectivity index (χ4v) is 10.8. The number of carboxylic acid groups (broad SMARTS) is 1. The quantitative estimate of drug-likeness (QED) is 0.110. The molecule has 294 valence electrons. The number of allylic oxidation sites excluding steroid dienone is 2. The monoisotopic (exact) mass is 806 g/mol. The Kier molecular flexibility index (Phi) is 6.56. The summed E-state index contributed by atoms with van der Waals surface area (Å²) in [4.78, 5) is 44.7. The maximum absolute atomic E-state index is 15.0. The molecule has 62 heavy (non-hydrogen) atoms. The predicted molar refractivity (Wildman–Crippen MR) is 236 cm³/mol. The van der Waals surface area contributed by atoms with Crippen molar-refractivity contribution in [3.8, 4) is 28.0 Å². The van der Waals surface area contributed by atoms with Crippen LogP contribution in [0.15, 0.2) is 156 Å². The van der Waals surface area contributed by atoms with Crippen LogP contribution < -0.4 is 31.3 Å². The summed E-state index contributed by atoms with van der Waals surface area (Å²) in [5.74, 6) is -1.11. The highest BCUT2D eigenvalue weighted by Crippen LogP contribution is 2.57. The Balaban J connectivity index is 1.05. The van der Waals surface area contributed by atoms with Crippen molar-refractivity contribution >= 4 is 68.0 Å². The standard InChI is InChI=1S/C52H30N4O6/c57-25-62-39-20-8-17-36-43(39)29-12-2-4-15-34(29)52(36)54-38-19-6-10-27-22-24-31(47(56-52)41(27)38)45-48(58)44(49(45)59)30-23-21-26-9-5-18-37-40(26)46(30)55-51(53-37)33-14-3-1-11-28(33)42-32(50(60)61)13-7-16-35(42)51/h1-25,53-54,56,58H,(H,60,61)/b44-30-. The average Bonchev–Trinajstić information content (AvgIpc) is 3.71. The number of fused-ring (bicyclic) bond motifs is 10. The zero-order chi connectivity index (χ0) is 41.6. The van der Waals surface area contributed by atoms with Crippen LogP contribution in [0, 0.1) is 0 Å². The molecule has 0 bridgehead atoms. The molecule has 0 radical (unpaired) electrons. The predicted octanol–water partition coefficient (Wildman–Crippen LogP) is 8.58. The van der Waals surface area contributed by atoms with E-state index in [1.807, 2.05) is 127 Å². The van der Waals surface area contributed by atoms with E-state index in [0.29, 0.717) is 45.2 Å². The van der Waals surface area contributed by atoms with Gasteiger partial charge in [0.05, 0.1) is 27.8 Å². The van der Waals surface area contributed by atoms with Gasteiger partial charge in [-0.25, -0.2) is 9.79 Å². The largest absolute Gasteiger partial charge is 0.506 e. The van der Waals surface area contributed by atoms with Gasteiger partial charge in [0.2, 0.25) is 5.78 Å². The van der Waals surface area contributed by atoms with Gasteiger partial charge in [0.15, 0.2) is 11.3 Å². The molecule has 5 aliphatic rings. The molecule has 0 saturated heterocycles. The molecular weight excluding hydrogens is 777 g/mol. The molecule has 0 fully saturated rings. The number of rotatable bonds is 4. The zero-order valence-corrected chi connectivity index (χ0v) is 32.4. The van der Waals surface area contributed by atoms with Crippen molar-refractivity contribution in [3.05, 3.63) is 195 Å². The van der Waals surface area contributed by atoms with Crippen LogP contribution in [-0.2, 0) is 20.9 Å². The number of ketones is 1. The minimum atomic E-state index is -1.22. The summed E-state index contributed by atoms with van der Waals surface area (Å²) in [7, 11) is 0. The summed E-state index contributed by atoms with van der Waals surface area (Å²) >= 11 is 0. The molecule has 2 atom stereocenters. The van der Waals surface area contributed by atoms with Crippen molar-refractivity contribution in [2.24, 2.45) is 4.99 Å². The Morgan fingerprint density at radius 2 is 1.27 bits per heavy atom. The van der Waals surface area contributed by atoms with E-state index in [0.717, 1.165) is 66.3 Å². The molecule has 5 N–H and O–H groups in total. The minimum absolute atomic E-state index is 0.148. The fraction of sp³-hybridized carbons (Fsp3) is 0.0385. The molecule has 2 aliphatic heterocycles. The van der Waals surface area contributed by atoms with E-state index in [1.165, 1.54) is 0 Å². The van der Waals surface area contributed by atoms with Crippen LogP contribution >= 0.6 is 0 Å². The van der Waals surface area contributed by atoms with Gasteiger partial charge in [-0.2, -0.15) is 0 Å². The van der Waals surface area contributed by atoms with E-state index in [9.17, 15) is 24.6 Å². The van der Waals surface area contributed by atoms with E-state index in [4.69, 9.17) is 9.73 Å². The Labute approximate surface area is 351 Å². The third-order valence-corrected chi connectivity index (χ3v) is 13.2. The molecule has 10 heteroatoms. The van der Waals surface area contributed by atoms with E-state index < -0.39 is 17.3 Å². The van der Waals surface area contributed by atoms with Gasteiger partial charge in [-0.3, -0.25) is 9.59 Å². The van der Waals surface area contributed by atoms with Gasteiger partial charge in [0, 0.05) is 66.3 Å². The molecule has 8 aromatic rings. The summed E-state index contributed by atoms with van der Waals surface area (Å²) in [5, 5.41) is 38.4. The smallest absolute Gasteiger partial charge is 0.336 e. The van der Waals surface area contributed by atoms with Gasteiger partial charge >= 0.3 is 5.97 Å². The molecule has 3 aliphatic carbocycles. The lowest BCUT2D eigenvalue weighted by Gasteiger charge is -2.41. The topological polar surface area (TPSA) is 149 Å². The van der Waals surface area contributed by atoms with E-state index in [2.05, 4.69) is 16.0 Å². The number of benzene rings is 8. The van der Waals surface area contributed by atoms with Gasteiger partial charge in [0.25, 0.3) is 6.47 Å². The van der Waals surface area contributed by atoms with Gasteiger partial charge in [-0.15, -0.1) is 0 Å². The molecule has 2 spiro atoms. The molecule has 0 saturated carbocycles. The lowest BCUT2D eigenvalue weighted by Crippen LogP contribution is -2.45. The number of carboxylic acids is 1. The van der Waals surface area contributed by atoms with Crippen LogP contribution in [0.25, 0.3) is 54.9 Å². The van der Waals surface area contributed by atoms with Crippen molar-refractivity contribution < 1.29 is 29.3 Å². The molecule has 10 nitrogen and oxygen atoms in total. The highest BCUT2D eigenvalue weighted by molar-refractivity contribution is 6.52. The number of carbonyl (C=O) groups is 3. The van der Waals surface area contributed by atoms with Gasteiger partial charge in [-0.1, -0.05) is 121 Å². The summed E-state index contributed by atoms with van der Waals surface area (Å²) in [6.45, 7) is 0.430. The number of aliphatic hydroxyl groups is 1. The number of carbonyl (C=O) groups excluding carboxylic acids is 2. The number of hydrogen-bond donors (Lipinski definition) is 5. The van der Waals surface area contributed by atoms with Crippen molar-refractivity contribution in [1.82, 2.24) is 0 Å². The number of ether oxygens (including phenoxy) is 1. The first-order chi connectivity index (χ1) is 30.3. The maximum atomic E-state index is 15.0. The number of aromatic carboxylic acids is 1. The van der Waals surface area contributed by atoms with Crippen LogP contribution in [0.1, 0.15) is 38.2 Å². The van der Waals surface area contributed by atoms with E-state index in [1.54, 1.807) is 18.2 Å². The van der Waals surface area contributed by atoms with Crippen molar-refractivity contribution in [3.63, 3.8) is 0 Å². The van der Waals surface area contributed by atoms with Crippen LogP contribution in [0.3, 0.4) is 0 Å². The lowest BCUT2D eigenvalue weighted by molar-refractivity contribution is -0.120. The summed E-state index contributed by atoms with van der Waals surface area (Å²) < 4.78 is 5.52. The zero-order valence-electron chi connectivity index (χ0n) is 32.4. The molecule has 2 heterocycles. The molecule has 13 rings (SSSR count). The van der Waals surface area contributed by atoms with Crippen LogP contribution in [0.4, 0.5) is 17.1 Å². The van der Waals surface area contributed by atoms with Crippen molar-refractivity contribution in [2.75, 3.05) is 16.0 Å². The number of anilines is 3. The van der Waals surface area contributed by atoms with Gasteiger partial charge in [0.1, 0.15) is 11.5 Å². The first kappa shape index (κ1) is 34.4. The molecule has 8 aromatic carbocycles. The second-order valence-electron chi connectivity index (χ2n) is 16.1. The first-order valence-corrected chi connectivity index (χ1v) is 20.2. The lowest BCUT2D eigenvalue weighted by atomic mass is 9.79. The number of aliphatic hydroxyl groups excluding tert-OH is 1. The molecule has 0 aromatic heterocycles. The SMILES string of the molecule is O=COc1cccc2c1-c1ccccc1C21Nc2cccc3ccc(C4=C(O)/C(=c5\ccc6cccc7c6c5=NC5(N7)c6ccccc6-c6c(C(=O)O)cccc65)C4=O)c(c23)N1. The Morgan fingerprint density at radius 1 is 0.613 bits per heavy atom. The highest BCUT2D eigenvalue weighted by atomic mass is 16.5. The molecular formula is C52H30N4O6. The third kappa shape index (κ3) is 4.12. The number of nitrogens with one attached hydrogen (secondary N) is 3. The first-order valence-electron chi connectivity index (χ1n) is 20.2. The number of Topliss-reactive ketones (excluding diaryl/α,β-unsaturated/α-hetero) is 1. The average molecular weight is 807 g/mol. The van der Waals surface area contributed by atoms with Crippen molar-refractivity contribution in [2.45, 2.75) is 11.3 Å². The summed E-state index contributed by atoms with van der Waals surface area (Å²) in [5.41, 5.74) is 7.23. The Bertz CT molecular complexity index is 3650. The number of hydrogen-bond acceptors (Lipinski definition) is 9. The van der Waals surface area contributed by atoms with Gasteiger partial charge in [-0.05, 0) is 46.2 Å². The summed E-state index contributed by atoms with van der Waals surface area (Å²) in [6, 6.07) is 45.9. The van der Waals surface area contributed by atoms with Crippen LogP contribution in [0.5, 0.6) is 5.75 Å². The third-order valence-electron chi connectivity index (χ3n) is 13.2. The molecule has 2 unspecified atom stereocenters. The fourth-order valence-electron chi connectivity index (χ4n) is 10.8. The minimum Gasteiger partial charge on any atom is -0.506 e. The van der Waals surface area contributed by atoms with Crippen LogP contribution in [-0.4, -0.2) is 28.4 Å². The van der Waals surface area contributed by atoms with Crippen molar-refractivity contribution in [1.29, 1.82) is 0 Å². The Morgan fingerprint density at radius 3 is 2.05 bits per heavy atom. The normalized spacial score (nSPS) is 20.0. The van der Waals surface area contributed by atoms with Gasteiger partial charge < -0.3 is 30.9 Å².